The van der Waals surface area contributed by atoms with Gasteiger partial charge in [-0.15, -0.1) is 0 Å². The van der Waals surface area contributed by atoms with Crippen molar-refractivity contribution in [1.29, 1.82) is 0 Å². The van der Waals surface area contributed by atoms with Crippen molar-refractivity contribution in [2.24, 2.45) is 0 Å². The minimum absolute atomic E-state index is 0.0762. The fourth-order valence-electron chi connectivity index (χ4n) is 1.35. The SMILES string of the molecule is COc1ccc(/C=C/C(=O)NCCN(C)C)cc1. The van der Waals surface area contributed by atoms with E-state index >= 15 is 0 Å². The third kappa shape index (κ3) is 5.50. The summed E-state index contributed by atoms with van der Waals surface area (Å²) in [5.74, 6) is 0.732. The molecular weight excluding hydrogens is 228 g/mol. The van der Waals surface area contributed by atoms with Crippen molar-refractivity contribution in [3.8, 4) is 5.75 Å². The normalized spacial score (nSPS) is 10.9. The second kappa shape index (κ2) is 7.50. The highest BCUT2D eigenvalue weighted by atomic mass is 16.5. The molecular formula is C14H20N2O2. The molecule has 0 aromatic heterocycles. The molecule has 0 saturated heterocycles. The lowest BCUT2D eigenvalue weighted by molar-refractivity contribution is -0.116. The number of hydrogen-bond acceptors (Lipinski definition) is 3. The average Bonchev–Trinajstić information content (AvgIpc) is 2.36. The van der Waals surface area contributed by atoms with Gasteiger partial charge in [0, 0.05) is 19.2 Å². The van der Waals surface area contributed by atoms with Gasteiger partial charge >= 0.3 is 0 Å². The van der Waals surface area contributed by atoms with E-state index in [-0.39, 0.29) is 5.91 Å². The Morgan fingerprint density at radius 1 is 1.33 bits per heavy atom. The van der Waals surface area contributed by atoms with E-state index < -0.39 is 0 Å². The molecule has 18 heavy (non-hydrogen) atoms. The van der Waals surface area contributed by atoms with E-state index in [9.17, 15) is 4.79 Å². The van der Waals surface area contributed by atoms with E-state index in [2.05, 4.69) is 5.32 Å². The first-order valence-corrected chi connectivity index (χ1v) is 5.86. The highest BCUT2D eigenvalue weighted by Gasteiger charge is 1.96. The molecule has 1 aromatic carbocycles. The number of rotatable bonds is 6. The summed E-state index contributed by atoms with van der Waals surface area (Å²) in [6, 6.07) is 7.54. The molecule has 0 fully saturated rings. The van der Waals surface area contributed by atoms with Gasteiger partial charge in [-0.2, -0.15) is 0 Å². The minimum Gasteiger partial charge on any atom is -0.497 e. The number of nitrogens with one attached hydrogen (secondary N) is 1. The van der Waals surface area contributed by atoms with Crippen LogP contribution in [-0.4, -0.2) is 45.1 Å². The summed E-state index contributed by atoms with van der Waals surface area (Å²) in [5, 5.41) is 2.81. The molecule has 0 atom stereocenters. The smallest absolute Gasteiger partial charge is 0.244 e. The van der Waals surface area contributed by atoms with E-state index in [0.29, 0.717) is 6.54 Å². The predicted octanol–water partition coefficient (Wildman–Crippen LogP) is 1.39. The van der Waals surface area contributed by atoms with Crippen LogP contribution in [0.4, 0.5) is 0 Å². The molecule has 1 rings (SSSR count). The molecule has 0 bridgehead atoms. The topological polar surface area (TPSA) is 41.6 Å². The summed E-state index contributed by atoms with van der Waals surface area (Å²) in [5.41, 5.74) is 0.971. The van der Waals surface area contributed by atoms with Crippen molar-refractivity contribution in [3.05, 3.63) is 35.9 Å². The number of carbonyl (C=O) groups is 1. The third-order valence-electron chi connectivity index (χ3n) is 2.40. The fourth-order valence-corrected chi connectivity index (χ4v) is 1.35. The summed E-state index contributed by atoms with van der Waals surface area (Å²) in [4.78, 5) is 13.5. The van der Waals surface area contributed by atoms with Crippen molar-refractivity contribution >= 4 is 12.0 Å². The molecule has 4 heteroatoms. The van der Waals surface area contributed by atoms with Crippen molar-refractivity contribution in [1.82, 2.24) is 10.2 Å². The van der Waals surface area contributed by atoms with Crippen LogP contribution in [0.5, 0.6) is 5.75 Å². The fraction of sp³-hybridized carbons (Fsp3) is 0.357. The van der Waals surface area contributed by atoms with Crippen LogP contribution in [0.25, 0.3) is 6.08 Å². The molecule has 0 spiro atoms. The lowest BCUT2D eigenvalue weighted by Crippen LogP contribution is -2.30. The van der Waals surface area contributed by atoms with E-state index in [1.54, 1.807) is 13.2 Å². The van der Waals surface area contributed by atoms with Gasteiger partial charge in [-0.05, 0) is 37.9 Å². The maximum absolute atomic E-state index is 11.5. The van der Waals surface area contributed by atoms with E-state index in [1.165, 1.54) is 6.08 Å². The van der Waals surface area contributed by atoms with Crippen molar-refractivity contribution in [2.75, 3.05) is 34.3 Å². The van der Waals surface area contributed by atoms with Crippen molar-refractivity contribution < 1.29 is 9.53 Å². The minimum atomic E-state index is -0.0762. The number of methoxy groups -OCH3 is 1. The maximum atomic E-state index is 11.5. The molecule has 0 aliphatic rings. The Morgan fingerprint density at radius 2 is 2.00 bits per heavy atom. The first-order valence-electron chi connectivity index (χ1n) is 5.86. The number of amides is 1. The highest BCUT2D eigenvalue weighted by Crippen LogP contribution is 2.11. The number of nitrogens with zero attached hydrogens (tertiary/aromatic N) is 1. The Labute approximate surface area is 108 Å². The van der Waals surface area contributed by atoms with Gasteiger partial charge in [0.1, 0.15) is 5.75 Å². The summed E-state index contributed by atoms with van der Waals surface area (Å²) in [6.45, 7) is 1.49. The standard InChI is InChI=1S/C14H20N2O2/c1-16(2)11-10-15-14(17)9-6-12-4-7-13(18-3)8-5-12/h4-9H,10-11H2,1-3H3,(H,15,17)/b9-6+. The lowest BCUT2D eigenvalue weighted by atomic mass is 10.2. The Bertz CT molecular complexity index is 397. The molecule has 98 valence electrons. The Morgan fingerprint density at radius 3 is 2.56 bits per heavy atom. The van der Waals surface area contributed by atoms with Gasteiger partial charge in [0.25, 0.3) is 0 Å². The van der Waals surface area contributed by atoms with Gasteiger partial charge in [0.05, 0.1) is 7.11 Å². The first kappa shape index (κ1) is 14.3. The van der Waals surface area contributed by atoms with Gasteiger partial charge < -0.3 is 15.0 Å². The zero-order valence-electron chi connectivity index (χ0n) is 11.1. The number of ether oxygens (including phenoxy) is 1. The average molecular weight is 248 g/mol. The maximum Gasteiger partial charge on any atom is 0.244 e. The second-order valence-electron chi connectivity index (χ2n) is 4.20. The second-order valence-corrected chi connectivity index (χ2v) is 4.20. The predicted molar refractivity (Wildman–Crippen MR) is 73.6 cm³/mol. The number of carbonyl (C=O) groups excluding carboxylic acids is 1. The monoisotopic (exact) mass is 248 g/mol. The Balaban J connectivity index is 2.40. The van der Waals surface area contributed by atoms with Crippen LogP contribution < -0.4 is 10.1 Å². The van der Waals surface area contributed by atoms with Crippen LogP contribution in [0.2, 0.25) is 0 Å². The summed E-state index contributed by atoms with van der Waals surface area (Å²) >= 11 is 0. The van der Waals surface area contributed by atoms with Crippen molar-refractivity contribution in [2.45, 2.75) is 0 Å². The quantitative estimate of drug-likeness (QED) is 0.773. The highest BCUT2D eigenvalue weighted by molar-refractivity contribution is 5.91. The molecule has 4 nitrogen and oxygen atoms in total. The zero-order chi connectivity index (χ0) is 13.4. The first-order chi connectivity index (χ1) is 8.61. The molecule has 1 N–H and O–H groups in total. The summed E-state index contributed by atoms with van der Waals surface area (Å²) < 4.78 is 5.06. The van der Waals surface area contributed by atoms with E-state index in [1.807, 2.05) is 43.3 Å². The van der Waals surface area contributed by atoms with Gasteiger partial charge in [-0.25, -0.2) is 0 Å². The number of hydrogen-bond donors (Lipinski definition) is 1. The van der Waals surface area contributed by atoms with Gasteiger partial charge in [-0.1, -0.05) is 12.1 Å². The molecule has 1 aromatic rings. The molecule has 1 amide bonds. The molecule has 0 aliphatic heterocycles. The van der Waals surface area contributed by atoms with Crippen LogP contribution in [-0.2, 0) is 4.79 Å². The largest absolute Gasteiger partial charge is 0.497 e. The Kier molecular flexibility index (Phi) is 5.94. The number of likely N-dealkylation sites (N-methyl/N-ethyl adjacent to an activating group) is 1. The number of benzene rings is 1. The van der Waals surface area contributed by atoms with E-state index in [4.69, 9.17) is 4.74 Å². The molecule has 0 radical (unpaired) electrons. The van der Waals surface area contributed by atoms with Gasteiger partial charge in [-0.3, -0.25) is 4.79 Å². The summed E-state index contributed by atoms with van der Waals surface area (Å²) in [6.07, 6.45) is 3.32. The zero-order valence-corrected chi connectivity index (χ0v) is 11.1. The lowest BCUT2D eigenvalue weighted by Gasteiger charge is -2.08. The molecule has 0 saturated carbocycles. The molecule has 0 heterocycles. The van der Waals surface area contributed by atoms with Crippen LogP contribution >= 0.6 is 0 Å². The van der Waals surface area contributed by atoms with Crippen LogP contribution in [0, 0.1) is 0 Å². The molecule has 0 unspecified atom stereocenters. The Hall–Kier alpha value is -1.81. The molecule has 0 aliphatic carbocycles. The van der Waals surface area contributed by atoms with Crippen LogP contribution in [0.15, 0.2) is 30.3 Å². The van der Waals surface area contributed by atoms with E-state index in [0.717, 1.165) is 17.9 Å². The van der Waals surface area contributed by atoms with Gasteiger partial charge in [0.15, 0.2) is 0 Å². The van der Waals surface area contributed by atoms with Crippen LogP contribution in [0.1, 0.15) is 5.56 Å². The summed E-state index contributed by atoms with van der Waals surface area (Å²) in [7, 11) is 5.57. The van der Waals surface area contributed by atoms with Crippen molar-refractivity contribution in [3.63, 3.8) is 0 Å². The van der Waals surface area contributed by atoms with Crippen LogP contribution in [0.3, 0.4) is 0 Å². The third-order valence-corrected chi connectivity index (χ3v) is 2.40. The van der Waals surface area contributed by atoms with Gasteiger partial charge in [0.2, 0.25) is 5.91 Å².